The Bertz CT molecular complexity index is 540. The average molecular weight is 349 g/mol. The highest BCUT2D eigenvalue weighted by atomic mass is 79.9. The van der Waals surface area contributed by atoms with Gasteiger partial charge in [-0.1, -0.05) is 19.1 Å². The number of aromatic nitrogens is 1. The van der Waals surface area contributed by atoms with E-state index in [2.05, 4.69) is 52.2 Å². The second-order valence-electron chi connectivity index (χ2n) is 5.06. The maximum Gasteiger partial charge on any atom is 0.130 e. The van der Waals surface area contributed by atoms with E-state index in [-0.39, 0.29) is 0 Å². The predicted octanol–water partition coefficient (Wildman–Crippen LogP) is 3.96. The Morgan fingerprint density at radius 2 is 1.95 bits per heavy atom. The number of nitrogens with one attached hydrogen (secondary N) is 1. The minimum atomic E-state index is 0.487. The van der Waals surface area contributed by atoms with E-state index in [4.69, 9.17) is 4.74 Å². The molecule has 0 radical (unpaired) electrons. The largest absolute Gasteiger partial charge is 0.487 e. The van der Waals surface area contributed by atoms with Gasteiger partial charge in [0.2, 0.25) is 0 Å². The summed E-state index contributed by atoms with van der Waals surface area (Å²) in [5.74, 6) is 0.875. The maximum absolute atomic E-state index is 5.75. The first-order valence-corrected chi connectivity index (χ1v) is 8.02. The van der Waals surface area contributed by atoms with Gasteiger partial charge in [-0.3, -0.25) is 4.98 Å². The first-order chi connectivity index (χ1) is 10.2. The van der Waals surface area contributed by atoms with Crippen molar-refractivity contribution in [1.29, 1.82) is 0 Å². The molecule has 1 aromatic carbocycles. The fourth-order valence-electron chi connectivity index (χ4n) is 2.15. The van der Waals surface area contributed by atoms with Crippen molar-refractivity contribution in [2.45, 2.75) is 32.9 Å². The van der Waals surface area contributed by atoms with Crippen LogP contribution >= 0.6 is 15.9 Å². The summed E-state index contributed by atoms with van der Waals surface area (Å²) in [6.07, 6.45) is 2.81. The zero-order valence-corrected chi connectivity index (χ0v) is 14.1. The molecule has 1 atom stereocenters. The van der Waals surface area contributed by atoms with Crippen molar-refractivity contribution in [2.75, 3.05) is 6.54 Å². The van der Waals surface area contributed by atoms with Crippen molar-refractivity contribution < 1.29 is 4.74 Å². The number of halogens is 1. The standard InChI is InChI=1S/C17H21BrN2O/c1-3-19-13(2)10-14-4-8-17(9-5-14)21-12-16-7-6-15(18)11-20-16/h4-9,11,13,19H,3,10,12H2,1-2H3. The molecule has 0 bridgehead atoms. The lowest BCUT2D eigenvalue weighted by atomic mass is 10.1. The second-order valence-corrected chi connectivity index (χ2v) is 5.98. The van der Waals surface area contributed by atoms with Gasteiger partial charge in [0.25, 0.3) is 0 Å². The predicted molar refractivity (Wildman–Crippen MR) is 89.6 cm³/mol. The molecule has 0 aliphatic carbocycles. The van der Waals surface area contributed by atoms with Gasteiger partial charge in [0.1, 0.15) is 12.4 Å². The number of hydrogen-bond donors (Lipinski definition) is 1. The molecule has 3 nitrogen and oxygen atoms in total. The van der Waals surface area contributed by atoms with Gasteiger partial charge in [0.15, 0.2) is 0 Å². The van der Waals surface area contributed by atoms with Gasteiger partial charge >= 0.3 is 0 Å². The van der Waals surface area contributed by atoms with Crippen molar-refractivity contribution in [2.24, 2.45) is 0 Å². The SMILES string of the molecule is CCNC(C)Cc1ccc(OCc2ccc(Br)cn2)cc1. The molecule has 0 aliphatic rings. The van der Waals surface area contributed by atoms with Crippen molar-refractivity contribution in [1.82, 2.24) is 10.3 Å². The van der Waals surface area contributed by atoms with Crippen LogP contribution in [-0.2, 0) is 13.0 Å². The number of benzene rings is 1. The molecule has 1 unspecified atom stereocenters. The van der Waals surface area contributed by atoms with E-state index in [0.29, 0.717) is 12.6 Å². The maximum atomic E-state index is 5.75. The van der Waals surface area contributed by atoms with E-state index in [0.717, 1.165) is 28.9 Å². The molecule has 112 valence electrons. The zero-order chi connectivity index (χ0) is 15.1. The van der Waals surface area contributed by atoms with Crippen LogP contribution in [-0.4, -0.2) is 17.6 Å². The van der Waals surface area contributed by atoms with E-state index in [9.17, 15) is 0 Å². The minimum absolute atomic E-state index is 0.487. The van der Waals surface area contributed by atoms with Gasteiger partial charge < -0.3 is 10.1 Å². The van der Waals surface area contributed by atoms with E-state index in [1.807, 2.05) is 24.3 Å². The summed E-state index contributed by atoms with van der Waals surface area (Å²) in [6.45, 7) is 5.82. The Balaban J connectivity index is 1.86. The normalized spacial score (nSPS) is 12.1. The van der Waals surface area contributed by atoms with E-state index in [1.54, 1.807) is 6.20 Å². The van der Waals surface area contributed by atoms with Crippen molar-refractivity contribution in [3.05, 3.63) is 58.3 Å². The molecular weight excluding hydrogens is 328 g/mol. The third-order valence-electron chi connectivity index (χ3n) is 3.19. The van der Waals surface area contributed by atoms with Crippen molar-refractivity contribution in [3.63, 3.8) is 0 Å². The lowest BCUT2D eigenvalue weighted by Crippen LogP contribution is -2.27. The summed E-state index contributed by atoms with van der Waals surface area (Å²) in [5, 5.41) is 3.42. The van der Waals surface area contributed by atoms with Gasteiger partial charge in [-0.2, -0.15) is 0 Å². The molecule has 0 aliphatic heterocycles. The fourth-order valence-corrected chi connectivity index (χ4v) is 2.38. The second kappa shape index (κ2) is 8.15. The Morgan fingerprint density at radius 1 is 1.19 bits per heavy atom. The third kappa shape index (κ3) is 5.48. The molecule has 0 saturated heterocycles. The van der Waals surface area contributed by atoms with Gasteiger partial charge in [0.05, 0.1) is 5.69 Å². The van der Waals surface area contributed by atoms with Crippen LogP contribution in [0.4, 0.5) is 0 Å². The van der Waals surface area contributed by atoms with Crippen LogP contribution < -0.4 is 10.1 Å². The number of hydrogen-bond acceptors (Lipinski definition) is 3. The lowest BCUT2D eigenvalue weighted by molar-refractivity contribution is 0.301. The van der Waals surface area contributed by atoms with Gasteiger partial charge in [-0.05, 0) is 65.6 Å². The monoisotopic (exact) mass is 348 g/mol. The lowest BCUT2D eigenvalue weighted by Gasteiger charge is -2.12. The quantitative estimate of drug-likeness (QED) is 0.822. The average Bonchev–Trinajstić information content (AvgIpc) is 2.48. The molecule has 1 aromatic heterocycles. The van der Waals surface area contributed by atoms with Crippen LogP contribution in [0.2, 0.25) is 0 Å². The third-order valence-corrected chi connectivity index (χ3v) is 3.66. The smallest absolute Gasteiger partial charge is 0.130 e. The van der Waals surface area contributed by atoms with Crippen molar-refractivity contribution >= 4 is 15.9 Å². The highest BCUT2D eigenvalue weighted by Crippen LogP contribution is 2.15. The first kappa shape index (κ1) is 16.0. The molecular formula is C17H21BrN2O. The van der Waals surface area contributed by atoms with E-state index < -0.39 is 0 Å². The van der Waals surface area contributed by atoms with Crippen LogP contribution in [0, 0.1) is 0 Å². The van der Waals surface area contributed by atoms with Gasteiger partial charge in [-0.15, -0.1) is 0 Å². The zero-order valence-electron chi connectivity index (χ0n) is 12.5. The molecule has 2 aromatic rings. The summed E-state index contributed by atoms with van der Waals surface area (Å²) >= 11 is 3.37. The van der Waals surface area contributed by atoms with E-state index in [1.165, 1.54) is 5.56 Å². The Kier molecular flexibility index (Phi) is 6.21. The summed E-state index contributed by atoms with van der Waals surface area (Å²) in [7, 11) is 0. The van der Waals surface area contributed by atoms with Crippen LogP contribution in [0.5, 0.6) is 5.75 Å². The summed E-state index contributed by atoms with van der Waals surface area (Å²) < 4.78 is 6.72. The number of pyridine rings is 1. The number of nitrogens with zero attached hydrogens (tertiary/aromatic N) is 1. The van der Waals surface area contributed by atoms with Gasteiger partial charge in [0, 0.05) is 16.7 Å². The molecule has 2 rings (SSSR count). The van der Waals surface area contributed by atoms with Crippen molar-refractivity contribution in [3.8, 4) is 5.75 Å². The number of ether oxygens (including phenoxy) is 1. The summed E-state index contributed by atoms with van der Waals surface area (Å²) in [4.78, 5) is 4.29. The molecule has 4 heteroatoms. The molecule has 0 fully saturated rings. The first-order valence-electron chi connectivity index (χ1n) is 7.23. The van der Waals surface area contributed by atoms with Crippen LogP contribution in [0.25, 0.3) is 0 Å². The number of rotatable bonds is 7. The number of likely N-dealkylation sites (N-methyl/N-ethyl adjacent to an activating group) is 1. The molecule has 1 heterocycles. The van der Waals surface area contributed by atoms with Crippen LogP contribution in [0.1, 0.15) is 25.1 Å². The fraction of sp³-hybridized carbons (Fsp3) is 0.353. The molecule has 21 heavy (non-hydrogen) atoms. The molecule has 1 N–H and O–H groups in total. The van der Waals surface area contributed by atoms with E-state index >= 15 is 0 Å². The highest BCUT2D eigenvalue weighted by Gasteiger charge is 2.02. The van der Waals surface area contributed by atoms with Gasteiger partial charge in [-0.25, -0.2) is 0 Å². The molecule has 0 amide bonds. The summed E-state index contributed by atoms with van der Waals surface area (Å²) in [5.41, 5.74) is 2.24. The molecule has 0 spiro atoms. The Labute approximate surface area is 134 Å². The Morgan fingerprint density at radius 3 is 2.57 bits per heavy atom. The van der Waals surface area contributed by atoms with Crippen LogP contribution in [0.15, 0.2) is 47.1 Å². The minimum Gasteiger partial charge on any atom is -0.487 e. The highest BCUT2D eigenvalue weighted by molar-refractivity contribution is 9.10. The van der Waals surface area contributed by atoms with Crippen LogP contribution in [0.3, 0.4) is 0 Å². The summed E-state index contributed by atoms with van der Waals surface area (Å²) in [6, 6.07) is 12.7. The topological polar surface area (TPSA) is 34.1 Å². The Hall–Kier alpha value is -1.39. The molecule has 0 saturated carbocycles.